The lowest BCUT2D eigenvalue weighted by Crippen LogP contribution is -2.38. The molecule has 0 aliphatic carbocycles. The van der Waals surface area contributed by atoms with Crippen LogP contribution in [0.2, 0.25) is 0 Å². The van der Waals surface area contributed by atoms with Crippen LogP contribution in [0.1, 0.15) is 59.5 Å². The topological polar surface area (TPSA) is 86.0 Å². The van der Waals surface area contributed by atoms with Gasteiger partial charge < -0.3 is 20.0 Å². The van der Waals surface area contributed by atoms with Gasteiger partial charge in [0.1, 0.15) is 5.82 Å². The van der Waals surface area contributed by atoms with Gasteiger partial charge in [0.05, 0.1) is 0 Å². The number of nitrogens with zero attached hydrogens (tertiary/aromatic N) is 3. The van der Waals surface area contributed by atoms with Crippen molar-refractivity contribution in [1.29, 1.82) is 0 Å². The summed E-state index contributed by atoms with van der Waals surface area (Å²) in [5.74, 6) is -2.60. The molecule has 30 heavy (non-hydrogen) atoms. The van der Waals surface area contributed by atoms with Crippen molar-refractivity contribution in [3.8, 4) is 17.2 Å². The third-order valence-corrected chi connectivity index (χ3v) is 5.90. The summed E-state index contributed by atoms with van der Waals surface area (Å²) < 4.78 is 14.8. The Morgan fingerprint density at radius 1 is 0.700 bits per heavy atom. The second-order valence-electron chi connectivity index (χ2n) is 7.91. The number of aromatic hydroxyl groups is 2. The standard InChI is InChI=1S/C22H26FN3O4/c23-15-7-9-16(10-8-15)26-17(21(29)24-11-3-1-4-12-24)19(27)20(28)18(26)22(30)25-13-5-2-6-14-25/h7-10,27-28H,1-6,11-14H2. The first-order chi connectivity index (χ1) is 14.5. The molecular formula is C22H26FN3O4. The first-order valence-electron chi connectivity index (χ1n) is 10.5. The van der Waals surface area contributed by atoms with Gasteiger partial charge in [-0.15, -0.1) is 0 Å². The quantitative estimate of drug-likeness (QED) is 0.806. The minimum atomic E-state index is -0.616. The highest BCUT2D eigenvalue weighted by Crippen LogP contribution is 2.40. The van der Waals surface area contributed by atoms with Crippen LogP contribution in [-0.2, 0) is 0 Å². The number of benzene rings is 1. The molecular weight excluding hydrogens is 389 g/mol. The monoisotopic (exact) mass is 415 g/mol. The van der Waals surface area contributed by atoms with Crippen LogP contribution >= 0.6 is 0 Å². The Labute approximate surface area is 174 Å². The van der Waals surface area contributed by atoms with Gasteiger partial charge in [-0.25, -0.2) is 4.39 Å². The zero-order valence-corrected chi connectivity index (χ0v) is 16.8. The summed E-state index contributed by atoms with van der Waals surface area (Å²) in [6.45, 7) is 2.18. The van der Waals surface area contributed by atoms with E-state index >= 15 is 0 Å². The predicted molar refractivity (Wildman–Crippen MR) is 109 cm³/mol. The molecule has 0 spiro atoms. The van der Waals surface area contributed by atoms with E-state index in [9.17, 15) is 24.2 Å². The molecule has 8 heteroatoms. The molecule has 2 amide bonds. The van der Waals surface area contributed by atoms with Gasteiger partial charge in [-0.2, -0.15) is 0 Å². The summed E-state index contributed by atoms with van der Waals surface area (Å²) in [6, 6.07) is 5.28. The maximum Gasteiger partial charge on any atom is 0.274 e. The van der Waals surface area contributed by atoms with Crippen molar-refractivity contribution in [3.05, 3.63) is 41.5 Å². The van der Waals surface area contributed by atoms with Crippen molar-refractivity contribution in [2.45, 2.75) is 38.5 Å². The zero-order chi connectivity index (χ0) is 21.3. The number of halogens is 1. The van der Waals surface area contributed by atoms with Gasteiger partial charge in [-0.05, 0) is 62.8 Å². The number of likely N-dealkylation sites (tertiary alicyclic amines) is 2. The van der Waals surface area contributed by atoms with Crippen LogP contribution in [-0.4, -0.2) is 62.6 Å². The molecule has 2 aromatic rings. The molecule has 2 aliphatic heterocycles. The number of aromatic nitrogens is 1. The number of hydrogen-bond donors (Lipinski definition) is 2. The molecule has 4 rings (SSSR count). The van der Waals surface area contributed by atoms with E-state index in [0.29, 0.717) is 31.9 Å². The summed E-state index contributed by atoms with van der Waals surface area (Å²) in [7, 11) is 0. The minimum Gasteiger partial charge on any atom is -0.503 e. The number of hydrogen-bond acceptors (Lipinski definition) is 4. The van der Waals surface area contributed by atoms with Crippen molar-refractivity contribution < 1.29 is 24.2 Å². The zero-order valence-electron chi connectivity index (χ0n) is 16.8. The molecule has 1 aromatic heterocycles. The highest BCUT2D eigenvalue weighted by molar-refractivity contribution is 6.04. The normalized spacial score (nSPS) is 17.2. The molecule has 0 unspecified atom stereocenters. The van der Waals surface area contributed by atoms with Crippen molar-refractivity contribution in [2.75, 3.05) is 26.2 Å². The summed E-state index contributed by atoms with van der Waals surface area (Å²) in [6.07, 6.45) is 5.48. The predicted octanol–water partition coefficient (Wildman–Crippen LogP) is 3.28. The van der Waals surface area contributed by atoms with E-state index in [-0.39, 0.29) is 11.4 Å². The highest BCUT2D eigenvalue weighted by Gasteiger charge is 2.36. The van der Waals surface area contributed by atoms with Gasteiger partial charge >= 0.3 is 0 Å². The van der Waals surface area contributed by atoms with Crippen LogP contribution in [0, 0.1) is 5.82 Å². The second-order valence-corrected chi connectivity index (χ2v) is 7.91. The summed E-state index contributed by atoms with van der Waals surface area (Å²) >= 11 is 0. The summed E-state index contributed by atoms with van der Waals surface area (Å²) in [4.78, 5) is 29.8. The van der Waals surface area contributed by atoms with E-state index in [1.807, 2.05) is 0 Å². The number of rotatable bonds is 3. The Hall–Kier alpha value is -3.03. The molecule has 3 heterocycles. The first-order valence-corrected chi connectivity index (χ1v) is 10.5. The van der Waals surface area contributed by atoms with Crippen molar-refractivity contribution in [1.82, 2.24) is 14.4 Å². The average Bonchev–Trinajstić information content (AvgIpc) is 3.05. The third-order valence-electron chi connectivity index (χ3n) is 5.90. The fourth-order valence-corrected chi connectivity index (χ4v) is 4.28. The second kappa shape index (κ2) is 8.38. The van der Waals surface area contributed by atoms with Crippen LogP contribution in [0.5, 0.6) is 11.5 Å². The van der Waals surface area contributed by atoms with Gasteiger partial charge in [0, 0.05) is 31.9 Å². The van der Waals surface area contributed by atoms with E-state index in [0.717, 1.165) is 38.5 Å². The lowest BCUT2D eigenvalue weighted by molar-refractivity contribution is 0.0707. The first kappa shape index (κ1) is 20.3. The van der Waals surface area contributed by atoms with E-state index in [1.54, 1.807) is 9.80 Å². The molecule has 2 aliphatic rings. The lowest BCUT2D eigenvalue weighted by Gasteiger charge is -2.28. The van der Waals surface area contributed by atoms with E-state index in [2.05, 4.69) is 0 Å². The largest absolute Gasteiger partial charge is 0.503 e. The molecule has 160 valence electrons. The molecule has 2 fully saturated rings. The van der Waals surface area contributed by atoms with E-state index < -0.39 is 29.1 Å². The Balaban J connectivity index is 1.85. The Morgan fingerprint density at radius 3 is 1.50 bits per heavy atom. The van der Waals surface area contributed by atoms with Gasteiger partial charge in [-0.1, -0.05) is 0 Å². The molecule has 0 bridgehead atoms. The molecule has 2 N–H and O–H groups in total. The van der Waals surface area contributed by atoms with Gasteiger partial charge in [0.25, 0.3) is 11.8 Å². The molecule has 1 aromatic carbocycles. The Morgan fingerprint density at radius 2 is 1.10 bits per heavy atom. The fraction of sp³-hybridized carbons (Fsp3) is 0.455. The number of carbonyl (C=O) groups is 2. The summed E-state index contributed by atoms with van der Waals surface area (Å²) in [5.41, 5.74) is -0.00421. The Bertz CT molecular complexity index is 889. The minimum absolute atomic E-state index is 0.165. The highest BCUT2D eigenvalue weighted by atomic mass is 19.1. The third kappa shape index (κ3) is 3.62. The summed E-state index contributed by atoms with van der Waals surface area (Å²) in [5, 5.41) is 21.4. The molecule has 2 saturated heterocycles. The molecule has 0 radical (unpaired) electrons. The Kier molecular flexibility index (Phi) is 5.65. The van der Waals surface area contributed by atoms with Crippen LogP contribution in [0.3, 0.4) is 0 Å². The van der Waals surface area contributed by atoms with Crippen LogP contribution in [0.25, 0.3) is 5.69 Å². The maximum absolute atomic E-state index is 13.5. The molecule has 7 nitrogen and oxygen atoms in total. The number of carbonyl (C=O) groups excluding carboxylic acids is 2. The molecule has 0 atom stereocenters. The smallest absolute Gasteiger partial charge is 0.274 e. The number of piperidine rings is 2. The number of amides is 2. The van der Waals surface area contributed by atoms with Gasteiger partial charge in [0.2, 0.25) is 0 Å². The van der Waals surface area contributed by atoms with Crippen LogP contribution < -0.4 is 0 Å². The maximum atomic E-state index is 13.5. The van der Waals surface area contributed by atoms with Crippen LogP contribution in [0.4, 0.5) is 4.39 Å². The van der Waals surface area contributed by atoms with Gasteiger partial charge in [0.15, 0.2) is 22.9 Å². The fourth-order valence-electron chi connectivity index (χ4n) is 4.28. The average molecular weight is 415 g/mol. The molecule has 0 saturated carbocycles. The van der Waals surface area contributed by atoms with Crippen molar-refractivity contribution >= 4 is 11.8 Å². The van der Waals surface area contributed by atoms with Crippen molar-refractivity contribution in [3.63, 3.8) is 0 Å². The van der Waals surface area contributed by atoms with Crippen LogP contribution in [0.15, 0.2) is 24.3 Å². The van der Waals surface area contributed by atoms with E-state index in [1.165, 1.54) is 28.8 Å². The van der Waals surface area contributed by atoms with Crippen molar-refractivity contribution in [2.24, 2.45) is 0 Å². The lowest BCUT2D eigenvalue weighted by atomic mass is 10.1. The van der Waals surface area contributed by atoms with E-state index in [4.69, 9.17) is 0 Å². The SMILES string of the molecule is O=C(c1c(O)c(O)c(C(=O)N2CCCCC2)n1-c1ccc(F)cc1)N1CCCCC1. The van der Waals surface area contributed by atoms with Gasteiger partial charge in [-0.3, -0.25) is 14.2 Å².